The summed E-state index contributed by atoms with van der Waals surface area (Å²) >= 11 is 0. The molecule has 2 aromatic carbocycles. The molecule has 0 aliphatic carbocycles. The predicted molar refractivity (Wildman–Crippen MR) is 125 cm³/mol. The quantitative estimate of drug-likeness (QED) is 0.591. The van der Waals surface area contributed by atoms with E-state index in [0.29, 0.717) is 31.2 Å². The first-order valence-electron chi connectivity index (χ1n) is 11.4. The topological polar surface area (TPSA) is 84.9 Å². The number of piperazine rings is 1. The summed E-state index contributed by atoms with van der Waals surface area (Å²) in [5.74, 6) is -0.219. The first-order valence-corrected chi connectivity index (χ1v) is 11.4. The van der Waals surface area contributed by atoms with Crippen molar-refractivity contribution in [2.24, 2.45) is 0 Å². The summed E-state index contributed by atoms with van der Waals surface area (Å²) in [5, 5.41) is 2.73. The number of hydrogen-bond donors (Lipinski definition) is 1. The van der Waals surface area contributed by atoms with E-state index in [4.69, 9.17) is 9.47 Å². The highest BCUT2D eigenvalue weighted by atomic mass is 16.5. The summed E-state index contributed by atoms with van der Waals surface area (Å²) in [6, 6.07) is 16.4. The number of amides is 2. The molecule has 0 saturated carbocycles. The van der Waals surface area contributed by atoms with E-state index < -0.39 is 18.1 Å². The van der Waals surface area contributed by atoms with E-state index in [1.807, 2.05) is 54.6 Å². The zero-order chi connectivity index (χ0) is 23.8. The van der Waals surface area contributed by atoms with E-state index in [2.05, 4.69) is 19.2 Å². The van der Waals surface area contributed by atoms with Crippen molar-refractivity contribution in [2.45, 2.75) is 51.7 Å². The number of nitrogens with one attached hydrogen (secondary N) is 1. The van der Waals surface area contributed by atoms with Crippen molar-refractivity contribution >= 4 is 17.8 Å². The number of hydrogen-bond acceptors (Lipinski definition) is 5. The lowest BCUT2D eigenvalue weighted by Crippen LogP contribution is -2.60. The predicted octanol–water partition coefficient (Wildman–Crippen LogP) is 3.08. The molecule has 2 amide bonds. The highest BCUT2D eigenvalue weighted by Crippen LogP contribution is 2.21. The molecule has 2 unspecified atom stereocenters. The van der Waals surface area contributed by atoms with Crippen molar-refractivity contribution < 1.29 is 23.9 Å². The number of nitrogens with zero attached hydrogens (tertiary/aromatic N) is 1. The molecule has 7 nitrogen and oxygen atoms in total. The van der Waals surface area contributed by atoms with Gasteiger partial charge in [0.25, 0.3) is 5.91 Å². The van der Waals surface area contributed by atoms with Gasteiger partial charge in [-0.25, -0.2) is 0 Å². The molecule has 0 radical (unpaired) electrons. The average Bonchev–Trinajstić information content (AvgIpc) is 2.81. The Labute approximate surface area is 195 Å². The van der Waals surface area contributed by atoms with Crippen LogP contribution in [0.5, 0.6) is 5.75 Å². The second-order valence-electron chi connectivity index (χ2n) is 8.48. The molecule has 1 N–H and O–H groups in total. The third-order valence-electron chi connectivity index (χ3n) is 5.68. The van der Waals surface area contributed by atoms with Crippen LogP contribution in [0.2, 0.25) is 0 Å². The second-order valence-corrected chi connectivity index (χ2v) is 8.48. The Morgan fingerprint density at radius 1 is 1.06 bits per heavy atom. The standard InChI is InChI=1S/C26H32N2O5/c1-18(2)21-9-11-22(12-10-21)33-19(3)26(31)28-15-14-27-25(30)23(28)17-24(29)32-16-13-20-7-5-4-6-8-20/h4-12,18-19,23H,13-17H2,1-3H3,(H,27,30). The SMILES string of the molecule is CC(Oc1ccc(C(C)C)cc1)C(=O)N1CCNC(=O)C1CC(=O)OCCc1ccccc1. The molecule has 1 fully saturated rings. The number of carbonyl (C=O) groups is 3. The van der Waals surface area contributed by atoms with Gasteiger partial charge in [-0.1, -0.05) is 56.3 Å². The first kappa shape index (κ1) is 24.3. The molecule has 2 aromatic rings. The number of rotatable bonds is 9. The van der Waals surface area contributed by atoms with Crippen LogP contribution in [0.3, 0.4) is 0 Å². The third-order valence-corrected chi connectivity index (χ3v) is 5.68. The van der Waals surface area contributed by atoms with Gasteiger partial charge in [0.1, 0.15) is 11.8 Å². The van der Waals surface area contributed by atoms with Crippen molar-refractivity contribution in [3.63, 3.8) is 0 Å². The van der Waals surface area contributed by atoms with Crippen LogP contribution in [0.1, 0.15) is 44.2 Å². The molecule has 7 heteroatoms. The number of benzene rings is 2. The van der Waals surface area contributed by atoms with Gasteiger partial charge in [-0.2, -0.15) is 0 Å². The van der Waals surface area contributed by atoms with Crippen LogP contribution in [0, 0.1) is 0 Å². The molecule has 1 heterocycles. The highest BCUT2D eigenvalue weighted by molar-refractivity contribution is 5.93. The maximum Gasteiger partial charge on any atom is 0.308 e. The largest absolute Gasteiger partial charge is 0.481 e. The summed E-state index contributed by atoms with van der Waals surface area (Å²) in [5.41, 5.74) is 2.24. The fraction of sp³-hybridized carbons (Fsp3) is 0.423. The molecule has 0 aromatic heterocycles. The van der Waals surface area contributed by atoms with E-state index in [1.165, 1.54) is 10.5 Å². The number of carbonyl (C=O) groups excluding carboxylic acids is 3. The lowest BCUT2D eigenvalue weighted by atomic mass is 10.0. The van der Waals surface area contributed by atoms with Crippen molar-refractivity contribution in [1.29, 1.82) is 0 Å². The molecular formula is C26H32N2O5. The molecule has 176 valence electrons. The molecule has 2 atom stereocenters. The van der Waals surface area contributed by atoms with Gasteiger partial charge in [0.15, 0.2) is 6.10 Å². The van der Waals surface area contributed by atoms with Gasteiger partial charge in [-0.3, -0.25) is 14.4 Å². The van der Waals surface area contributed by atoms with Crippen LogP contribution in [0.4, 0.5) is 0 Å². The van der Waals surface area contributed by atoms with Gasteiger partial charge < -0.3 is 19.7 Å². The van der Waals surface area contributed by atoms with Gasteiger partial charge in [0.2, 0.25) is 5.91 Å². The minimum atomic E-state index is -0.912. The second kappa shape index (κ2) is 11.5. The molecule has 0 bridgehead atoms. The maximum atomic E-state index is 13.1. The summed E-state index contributed by atoms with van der Waals surface area (Å²) in [4.78, 5) is 39.4. The van der Waals surface area contributed by atoms with Crippen molar-refractivity contribution in [3.05, 3.63) is 65.7 Å². The third kappa shape index (κ3) is 6.81. The first-order chi connectivity index (χ1) is 15.8. The van der Waals surface area contributed by atoms with Crippen LogP contribution < -0.4 is 10.1 Å². The highest BCUT2D eigenvalue weighted by Gasteiger charge is 2.37. The molecule has 0 spiro atoms. The van der Waals surface area contributed by atoms with E-state index in [0.717, 1.165) is 5.56 Å². The Morgan fingerprint density at radius 3 is 2.42 bits per heavy atom. The van der Waals surface area contributed by atoms with Gasteiger partial charge in [0.05, 0.1) is 13.0 Å². The van der Waals surface area contributed by atoms with Crippen LogP contribution >= 0.6 is 0 Å². The molecule has 1 saturated heterocycles. The maximum absolute atomic E-state index is 13.1. The fourth-order valence-corrected chi connectivity index (χ4v) is 3.74. The Balaban J connectivity index is 1.56. The molecule has 33 heavy (non-hydrogen) atoms. The van der Waals surface area contributed by atoms with Gasteiger partial charge in [0, 0.05) is 19.5 Å². The lowest BCUT2D eigenvalue weighted by molar-refractivity contribution is -0.154. The lowest BCUT2D eigenvalue weighted by Gasteiger charge is -2.36. The minimum absolute atomic E-state index is 0.192. The molecular weight excluding hydrogens is 420 g/mol. The van der Waals surface area contributed by atoms with Gasteiger partial charge >= 0.3 is 5.97 Å². The average molecular weight is 453 g/mol. The fourth-order valence-electron chi connectivity index (χ4n) is 3.74. The summed E-state index contributed by atoms with van der Waals surface area (Å²) in [6.07, 6.45) is -0.397. The smallest absolute Gasteiger partial charge is 0.308 e. The zero-order valence-corrected chi connectivity index (χ0v) is 19.5. The summed E-state index contributed by atoms with van der Waals surface area (Å²) in [6.45, 7) is 6.73. The van der Waals surface area contributed by atoms with Crippen molar-refractivity contribution in [3.8, 4) is 5.75 Å². The van der Waals surface area contributed by atoms with Crippen molar-refractivity contribution in [2.75, 3.05) is 19.7 Å². The van der Waals surface area contributed by atoms with Crippen LogP contribution in [0.25, 0.3) is 0 Å². The number of esters is 1. The summed E-state index contributed by atoms with van der Waals surface area (Å²) in [7, 11) is 0. The Kier molecular flexibility index (Phi) is 8.46. The summed E-state index contributed by atoms with van der Waals surface area (Å²) < 4.78 is 11.2. The Bertz CT molecular complexity index is 943. The Hall–Kier alpha value is -3.35. The molecule has 3 rings (SSSR count). The Morgan fingerprint density at radius 2 is 1.76 bits per heavy atom. The number of ether oxygens (including phenoxy) is 2. The van der Waals surface area contributed by atoms with E-state index in [9.17, 15) is 14.4 Å². The zero-order valence-electron chi connectivity index (χ0n) is 19.5. The monoisotopic (exact) mass is 452 g/mol. The van der Waals surface area contributed by atoms with Crippen LogP contribution in [-0.2, 0) is 25.5 Å². The minimum Gasteiger partial charge on any atom is -0.481 e. The van der Waals surface area contributed by atoms with E-state index in [1.54, 1.807) is 6.92 Å². The normalized spacial score (nSPS) is 16.8. The molecule has 1 aliphatic heterocycles. The van der Waals surface area contributed by atoms with E-state index in [-0.39, 0.29) is 24.8 Å². The van der Waals surface area contributed by atoms with Crippen molar-refractivity contribution in [1.82, 2.24) is 10.2 Å². The molecule has 1 aliphatic rings. The van der Waals surface area contributed by atoms with Crippen LogP contribution in [0.15, 0.2) is 54.6 Å². The van der Waals surface area contributed by atoms with E-state index >= 15 is 0 Å². The van der Waals surface area contributed by atoms with Crippen LogP contribution in [-0.4, -0.2) is 54.5 Å². The van der Waals surface area contributed by atoms with Gasteiger partial charge in [-0.15, -0.1) is 0 Å². The van der Waals surface area contributed by atoms with Gasteiger partial charge in [-0.05, 0) is 36.1 Å².